The molecule has 0 saturated heterocycles. The topological polar surface area (TPSA) is 74.4 Å². The first-order chi connectivity index (χ1) is 16.9. The molecule has 180 valence electrons. The van der Waals surface area contributed by atoms with Crippen LogP contribution in [0.15, 0.2) is 71.5 Å². The summed E-state index contributed by atoms with van der Waals surface area (Å²) in [6.07, 6.45) is 0.671. The number of aryl methyl sites for hydroxylation is 3. The fourth-order valence-electron chi connectivity index (χ4n) is 4.27. The molecule has 3 aromatic carbocycles. The van der Waals surface area contributed by atoms with Gasteiger partial charge in [-0.2, -0.15) is 0 Å². The number of H-pyrrole nitrogens is 1. The molecule has 0 fully saturated rings. The lowest BCUT2D eigenvalue weighted by Crippen LogP contribution is -2.37. The lowest BCUT2D eigenvalue weighted by atomic mass is 10.0. The zero-order chi connectivity index (χ0) is 24.9. The molecular weight excluding hydrogens is 438 g/mol. The Labute approximate surface area is 205 Å². The summed E-state index contributed by atoms with van der Waals surface area (Å²) >= 11 is 0. The van der Waals surface area contributed by atoms with Crippen LogP contribution in [0.5, 0.6) is 5.75 Å². The predicted octanol–water partition coefficient (Wildman–Crippen LogP) is 5.74. The highest BCUT2D eigenvalue weighted by Gasteiger charge is 2.18. The third-order valence-electron chi connectivity index (χ3n) is 6.27. The van der Waals surface area contributed by atoms with Crippen LogP contribution < -0.4 is 15.6 Å². The molecule has 0 spiro atoms. The van der Waals surface area contributed by atoms with Crippen molar-refractivity contribution in [1.82, 2.24) is 9.88 Å². The van der Waals surface area contributed by atoms with Crippen LogP contribution in [0.4, 0.5) is 10.5 Å². The van der Waals surface area contributed by atoms with Crippen LogP contribution in [-0.2, 0) is 13.0 Å². The smallest absolute Gasteiger partial charge is 0.322 e. The van der Waals surface area contributed by atoms with Crippen molar-refractivity contribution in [2.24, 2.45) is 0 Å². The highest BCUT2D eigenvalue weighted by atomic mass is 16.5. The predicted molar refractivity (Wildman–Crippen MR) is 141 cm³/mol. The minimum absolute atomic E-state index is 0.183. The lowest BCUT2D eigenvalue weighted by molar-refractivity contribution is 0.209. The second kappa shape index (κ2) is 10.5. The van der Waals surface area contributed by atoms with Gasteiger partial charge in [0.2, 0.25) is 0 Å². The molecular formula is C29H31N3O3. The Morgan fingerprint density at radius 2 is 1.74 bits per heavy atom. The number of carbonyl (C=O) groups excluding carboxylic acids is 1. The van der Waals surface area contributed by atoms with Crippen molar-refractivity contribution in [3.63, 3.8) is 0 Å². The summed E-state index contributed by atoms with van der Waals surface area (Å²) in [6.45, 7) is 6.69. The Hall–Kier alpha value is -4.06. The molecule has 0 unspecified atom stereocenters. The van der Waals surface area contributed by atoms with Gasteiger partial charge in [0.1, 0.15) is 5.75 Å². The van der Waals surface area contributed by atoms with E-state index >= 15 is 0 Å². The van der Waals surface area contributed by atoms with E-state index in [1.807, 2.05) is 50.2 Å². The molecule has 6 nitrogen and oxygen atoms in total. The van der Waals surface area contributed by atoms with E-state index in [4.69, 9.17) is 4.74 Å². The van der Waals surface area contributed by atoms with Crippen LogP contribution in [0.3, 0.4) is 0 Å². The molecule has 2 N–H and O–H groups in total. The van der Waals surface area contributed by atoms with Crippen molar-refractivity contribution in [2.45, 2.75) is 33.7 Å². The number of para-hydroxylation sites is 2. The van der Waals surface area contributed by atoms with Gasteiger partial charge in [-0.25, -0.2) is 4.79 Å². The number of anilines is 1. The van der Waals surface area contributed by atoms with Gasteiger partial charge in [-0.15, -0.1) is 0 Å². The third kappa shape index (κ3) is 5.54. The van der Waals surface area contributed by atoms with Gasteiger partial charge in [0.15, 0.2) is 0 Å². The molecule has 4 aromatic rings. The molecule has 35 heavy (non-hydrogen) atoms. The largest absolute Gasteiger partial charge is 0.495 e. The highest BCUT2D eigenvalue weighted by molar-refractivity contribution is 5.91. The zero-order valence-corrected chi connectivity index (χ0v) is 20.6. The number of hydrogen-bond acceptors (Lipinski definition) is 3. The zero-order valence-electron chi connectivity index (χ0n) is 20.6. The van der Waals surface area contributed by atoms with Crippen molar-refractivity contribution in [1.29, 1.82) is 0 Å². The number of methoxy groups -OCH3 is 1. The maximum Gasteiger partial charge on any atom is 0.322 e. The first-order valence-electron chi connectivity index (χ1n) is 11.7. The highest BCUT2D eigenvalue weighted by Crippen LogP contribution is 2.24. The van der Waals surface area contributed by atoms with Crippen LogP contribution in [0.2, 0.25) is 0 Å². The molecule has 0 saturated carbocycles. The number of amides is 2. The number of aromatic amines is 1. The molecule has 6 heteroatoms. The van der Waals surface area contributed by atoms with Crippen LogP contribution in [0, 0.1) is 20.8 Å². The van der Waals surface area contributed by atoms with E-state index in [1.54, 1.807) is 24.1 Å². The van der Waals surface area contributed by atoms with E-state index < -0.39 is 0 Å². The van der Waals surface area contributed by atoms with Gasteiger partial charge in [-0.1, -0.05) is 54.1 Å². The van der Waals surface area contributed by atoms with Crippen molar-refractivity contribution in [3.05, 3.63) is 105 Å². The Morgan fingerprint density at radius 1 is 0.971 bits per heavy atom. The molecule has 1 heterocycles. The number of pyridine rings is 1. The molecule has 0 bridgehead atoms. The number of ether oxygens (including phenoxy) is 1. The van der Waals surface area contributed by atoms with Gasteiger partial charge in [-0.3, -0.25) is 4.79 Å². The summed E-state index contributed by atoms with van der Waals surface area (Å²) in [6, 6.07) is 21.2. The summed E-state index contributed by atoms with van der Waals surface area (Å²) < 4.78 is 5.39. The number of fused-ring (bicyclic) bond motifs is 1. The molecule has 2 amide bonds. The van der Waals surface area contributed by atoms with Crippen LogP contribution in [-0.4, -0.2) is 29.6 Å². The summed E-state index contributed by atoms with van der Waals surface area (Å²) in [4.78, 5) is 31.1. The van der Waals surface area contributed by atoms with E-state index in [1.165, 1.54) is 5.56 Å². The molecule has 0 aliphatic rings. The Balaban J connectivity index is 1.65. The van der Waals surface area contributed by atoms with E-state index in [2.05, 4.69) is 35.4 Å². The molecule has 0 aliphatic carbocycles. The van der Waals surface area contributed by atoms with E-state index in [9.17, 15) is 9.59 Å². The number of aromatic nitrogens is 1. The molecule has 1 aromatic heterocycles. The summed E-state index contributed by atoms with van der Waals surface area (Å²) in [7, 11) is 1.57. The first kappa shape index (κ1) is 24.1. The van der Waals surface area contributed by atoms with Crippen molar-refractivity contribution >= 4 is 22.6 Å². The second-order valence-electron chi connectivity index (χ2n) is 8.90. The average molecular weight is 470 g/mol. The minimum Gasteiger partial charge on any atom is -0.495 e. The fourth-order valence-corrected chi connectivity index (χ4v) is 4.27. The summed E-state index contributed by atoms with van der Waals surface area (Å²) in [5, 5.41) is 3.95. The van der Waals surface area contributed by atoms with E-state index in [0.717, 1.165) is 27.6 Å². The molecule has 0 atom stereocenters. The van der Waals surface area contributed by atoms with Crippen LogP contribution in [0.25, 0.3) is 10.9 Å². The molecule has 4 rings (SSSR count). The number of nitrogens with zero attached hydrogens (tertiary/aromatic N) is 1. The van der Waals surface area contributed by atoms with E-state index in [-0.39, 0.29) is 18.1 Å². The number of hydrogen-bond donors (Lipinski definition) is 2. The summed E-state index contributed by atoms with van der Waals surface area (Å²) in [5.41, 5.74) is 6.18. The Bertz CT molecular complexity index is 1420. The van der Waals surface area contributed by atoms with Crippen molar-refractivity contribution in [2.75, 3.05) is 19.0 Å². The van der Waals surface area contributed by atoms with Gasteiger partial charge in [0.05, 0.1) is 24.9 Å². The maximum atomic E-state index is 13.4. The number of nitrogens with one attached hydrogen (secondary N) is 2. The van der Waals surface area contributed by atoms with Gasteiger partial charge < -0.3 is 19.9 Å². The van der Waals surface area contributed by atoms with E-state index in [0.29, 0.717) is 30.0 Å². The SMILES string of the molecule is COc1ccccc1NC(=O)N(CCc1cccc(C)c1)Cc1cc2c(C)ccc(C)c2[nH]c1=O. The van der Waals surface area contributed by atoms with Gasteiger partial charge in [0, 0.05) is 17.5 Å². The fraction of sp³-hybridized carbons (Fsp3) is 0.241. The molecule has 0 radical (unpaired) electrons. The number of rotatable bonds is 7. The van der Waals surface area contributed by atoms with Gasteiger partial charge in [0.25, 0.3) is 5.56 Å². The third-order valence-corrected chi connectivity index (χ3v) is 6.27. The second-order valence-corrected chi connectivity index (χ2v) is 8.90. The van der Waals surface area contributed by atoms with Crippen LogP contribution in [0.1, 0.15) is 27.8 Å². The maximum absolute atomic E-state index is 13.4. The monoisotopic (exact) mass is 469 g/mol. The molecule has 0 aliphatic heterocycles. The van der Waals surface area contributed by atoms with Gasteiger partial charge in [-0.05, 0) is 62.1 Å². The first-order valence-corrected chi connectivity index (χ1v) is 11.7. The number of urea groups is 1. The van der Waals surface area contributed by atoms with Crippen molar-refractivity contribution < 1.29 is 9.53 Å². The summed E-state index contributed by atoms with van der Waals surface area (Å²) in [5.74, 6) is 0.578. The lowest BCUT2D eigenvalue weighted by Gasteiger charge is -2.24. The Kier molecular flexibility index (Phi) is 7.20. The number of carbonyl (C=O) groups is 1. The quantitative estimate of drug-likeness (QED) is 0.363. The number of benzene rings is 3. The van der Waals surface area contributed by atoms with Gasteiger partial charge >= 0.3 is 6.03 Å². The minimum atomic E-state index is -0.289. The normalized spacial score (nSPS) is 10.9. The average Bonchev–Trinajstić information content (AvgIpc) is 2.85. The van der Waals surface area contributed by atoms with Crippen LogP contribution >= 0.6 is 0 Å². The standard InChI is InChI=1S/C29H31N3O3/c1-19-8-7-9-22(16-19)14-15-32(29(34)30-25-10-5-6-11-26(25)35-4)18-23-17-24-20(2)12-13-21(3)27(24)31-28(23)33/h5-13,16-17H,14-15,18H2,1-4H3,(H,30,34)(H,31,33). The Morgan fingerprint density at radius 3 is 2.51 bits per heavy atom. The van der Waals surface area contributed by atoms with Crippen molar-refractivity contribution in [3.8, 4) is 5.75 Å².